The SMILES string of the molecule is COC1CCCCC1[C@@H](C#N)NC(=O)C1CCCC(NCC2NNC(C3CCNCC3)N2CCO)C1. The molecule has 204 valence electrons. The Labute approximate surface area is 216 Å². The highest BCUT2D eigenvalue weighted by Crippen LogP contribution is 2.30. The number of methoxy groups -OCH3 is 1. The van der Waals surface area contributed by atoms with Crippen molar-refractivity contribution in [2.45, 2.75) is 94.7 Å². The van der Waals surface area contributed by atoms with Gasteiger partial charge in [0.25, 0.3) is 0 Å². The van der Waals surface area contributed by atoms with Gasteiger partial charge in [-0.3, -0.25) is 9.69 Å². The normalized spacial score (nSPS) is 35.2. The maximum absolute atomic E-state index is 13.2. The molecule has 6 unspecified atom stereocenters. The molecule has 2 aliphatic carbocycles. The van der Waals surface area contributed by atoms with Crippen LogP contribution in [0.15, 0.2) is 0 Å². The van der Waals surface area contributed by atoms with Crippen LogP contribution in [-0.4, -0.2) is 86.3 Å². The highest BCUT2D eigenvalue weighted by atomic mass is 16.5. The molecule has 0 aromatic carbocycles. The molecule has 1 amide bonds. The summed E-state index contributed by atoms with van der Waals surface area (Å²) in [6.45, 7) is 3.62. The lowest BCUT2D eigenvalue weighted by Gasteiger charge is -2.36. The first-order chi connectivity index (χ1) is 17.6. The van der Waals surface area contributed by atoms with Crippen molar-refractivity contribution in [1.29, 1.82) is 5.26 Å². The third-order valence-electron chi connectivity index (χ3n) is 8.91. The summed E-state index contributed by atoms with van der Waals surface area (Å²) in [5.41, 5.74) is 6.93. The van der Waals surface area contributed by atoms with Gasteiger partial charge in [-0.1, -0.05) is 19.3 Å². The van der Waals surface area contributed by atoms with Crippen molar-refractivity contribution >= 4 is 5.91 Å². The van der Waals surface area contributed by atoms with E-state index in [0.717, 1.165) is 83.8 Å². The summed E-state index contributed by atoms with van der Waals surface area (Å²) in [5.74, 6) is 0.582. The Hall–Kier alpha value is -1.32. The van der Waals surface area contributed by atoms with Crippen LogP contribution >= 0.6 is 0 Å². The number of aliphatic hydroxyl groups is 1. The van der Waals surface area contributed by atoms with E-state index in [0.29, 0.717) is 12.5 Å². The molecule has 4 rings (SSSR count). The molecule has 10 heteroatoms. The van der Waals surface area contributed by atoms with Crippen LogP contribution in [0.4, 0.5) is 0 Å². The van der Waals surface area contributed by atoms with Gasteiger partial charge in [-0.2, -0.15) is 5.26 Å². The molecule has 10 nitrogen and oxygen atoms in total. The number of aliphatic hydroxyl groups excluding tert-OH is 1. The average molecular weight is 506 g/mol. The Morgan fingerprint density at radius 2 is 1.94 bits per heavy atom. The van der Waals surface area contributed by atoms with Gasteiger partial charge in [0.2, 0.25) is 5.91 Å². The first-order valence-electron chi connectivity index (χ1n) is 14.2. The standard InChI is InChI=1S/C26H47N7O3/c1-36-23-8-3-2-7-21(23)22(16-27)30-26(35)19-5-4-6-20(15-19)29-17-24-31-32-25(33(24)13-14-34)18-9-11-28-12-10-18/h18-25,28-29,31-32,34H,2-15,17H2,1H3,(H,30,35)/t19?,20?,21?,22-,23?,24?,25?/m1/s1. The number of hydrogen-bond donors (Lipinski definition) is 6. The minimum atomic E-state index is -0.483. The zero-order valence-corrected chi connectivity index (χ0v) is 21.9. The molecular formula is C26H47N7O3. The Bertz CT molecular complexity index is 729. The number of carbonyl (C=O) groups excluding carboxylic acids is 1. The summed E-state index contributed by atoms with van der Waals surface area (Å²) in [6.07, 6.45) is 10.5. The summed E-state index contributed by atoms with van der Waals surface area (Å²) in [5, 5.41) is 29.7. The molecule has 2 heterocycles. The minimum Gasteiger partial charge on any atom is -0.395 e. The van der Waals surface area contributed by atoms with E-state index in [2.05, 4.69) is 37.8 Å². The molecule has 4 aliphatic rings. The summed E-state index contributed by atoms with van der Waals surface area (Å²) in [7, 11) is 1.71. The maximum atomic E-state index is 13.2. The third-order valence-corrected chi connectivity index (χ3v) is 8.91. The van der Waals surface area contributed by atoms with Gasteiger partial charge < -0.3 is 25.8 Å². The molecule has 2 aliphatic heterocycles. The number of nitrogens with zero attached hydrogens (tertiary/aromatic N) is 2. The van der Waals surface area contributed by atoms with Crippen LogP contribution in [0.25, 0.3) is 0 Å². The molecule has 0 spiro atoms. The van der Waals surface area contributed by atoms with E-state index in [9.17, 15) is 15.2 Å². The predicted octanol–water partition coefficient (Wildman–Crippen LogP) is 0.402. The molecule has 0 bridgehead atoms. The number of rotatable bonds is 10. The Balaban J connectivity index is 1.27. The number of amides is 1. The number of piperidine rings is 1. The first-order valence-corrected chi connectivity index (χ1v) is 14.2. The number of nitriles is 1. The van der Waals surface area contributed by atoms with E-state index in [-0.39, 0.29) is 48.8 Å². The lowest BCUT2D eigenvalue weighted by atomic mass is 9.80. The first kappa shape index (κ1) is 27.7. The van der Waals surface area contributed by atoms with E-state index in [1.165, 1.54) is 0 Å². The minimum absolute atomic E-state index is 0.0158. The van der Waals surface area contributed by atoms with Crippen molar-refractivity contribution in [2.24, 2.45) is 17.8 Å². The zero-order valence-electron chi connectivity index (χ0n) is 21.9. The largest absolute Gasteiger partial charge is 0.395 e. The summed E-state index contributed by atoms with van der Waals surface area (Å²) in [4.78, 5) is 15.5. The van der Waals surface area contributed by atoms with Crippen molar-refractivity contribution in [1.82, 2.24) is 31.7 Å². The second-order valence-corrected chi connectivity index (χ2v) is 11.1. The highest BCUT2D eigenvalue weighted by molar-refractivity contribution is 5.79. The van der Waals surface area contributed by atoms with Crippen LogP contribution in [-0.2, 0) is 9.53 Å². The second kappa shape index (κ2) is 14.0. The van der Waals surface area contributed by atoms with Crippen molar-refractivity contribution in [3.8, 4) is 6.07 Å². The number of carbonyl (C=O) groups is 1. The van der Waals surface area contributed by atoms with Gasteiger partial charge in [-0.05, 0) is 64.0 Å². The van der Waals surface area contributed by atoms with Crippen LogP contribution < -0.4 is 26.8 Å². The fourth-order valence-electron chi connectivity index (χ4n) is 6.87. The van der Waals surface area contributed by atoms with E-state index < -0.39 is 6.04 Å². The van der Waals surface area contributed by atoms with Gasteiger partial charge >= 0.3 is 0 Å². The van der Waals surface area contributed by atoms with Crippen LogP contribution in [0.3, 0.4) is 0 Å². The number of hydrazine groups is 1. The monoisotopic (exact) mass is 505 g/mol. The van der Waals surface area contributed by atoms with E-state index >= 15 is 0 Å². The van der Waals surface area contributed by atoms with E-state index in [1.54, 1.807) is 7.11 Å². The van der Waals surface area contributed by atoms with Crippen LogP contribution in [0, 0.1) is 29.1 Å². The molecule has 0 radical (unpaired) electrons. The second-order valence-electron chi connectivity index (χ2n) is 11.1. The van der Waals surface area contributed by atoms with Gasteiger partial charge in [-0.25, -0.2) is 10.9 Å². The van der Waals surface area contributed by atoms with Gasteiger partial charge in [0.05, 0.1) is 31.1 Å². The molecule has 36 heavy (non-hydrogen) atoms. The van der Waals surface area contributed by atoms with Gasteiger partial charge in [-0.15, -0.1) is 0 Å². The van der Waals surface area contributed by atoms with Crippen LogP contribution in [0.5, 0.6) is 0 Å². The van der Waals surface area contributed by atoms with Gasteiger partial charge in [0, 0.05) is 38.1 Å². The summed E-state index contributed by atoms with van der Waals surface area (Å²) < 4.78 is 5.64. The smallest absolute Gasteiger partial charge is 0.224 e. The Morgan fingerprint density at radius 1 is 1.14 bits per heavy atom. The van der Waals surface area contributed by atoms with Crippen molar-refractivity contribution in [2.75, 3.05) is 39.9 Å². The number of nitrogens with one attached hydrogen (secondary N) is 5. The van der Waals surface area contributed by atoms with Gasteiger partial charge in [0.15, 0.2) is 0 Å². The summed E-state index contributed by atoms with van der Waals surface area (Å²) >= 11 is 0. The number of ether oxygens (including phenoxy) is 1. The van der Waals surface area contributed by atoms with Crippen molar-refractivity contribution in [3.05, 3.63) is 0 Å². The van der Waals surface area contributed by atoms with Crippen molar-refractivity contribution in [3.63, 3.8) is 0 Å². The fraction of sp³-hybridized carbons (Fsp3) is 0.923. The molecule has 7 atom stereocenters. The van der Waals surface area contributed by atoms with Gasteiger partial charge in [0.1, 0.15) is 6.04 Å². The highest BCUT2D eigenvalue weighted by Gasteiger charge is 2.39. The van der Waals surface area contributed by atoms with Crippen LogP contribution in [0.2, 0.25) is 0 Å². The molecule has 0 aromatic heterocycles. The van der Waals surface area contributed by atoms with Crippen molar-refractivity contribution < 1.29 is 14.6 Å². The topological polar surface area (TPSA) is 134 Å². The quantitative estimate of drug-likeness (QED) is 0.250. The zero-order chi connectivity index (χ0) is 25.3. The number of hydrogen-bond acceptors (Lipinski definition) is 9. The Kier molecular flexibility index (Phi) is 10.8. The Morgan fingerprint density at radius 3 is 2.69 bits per heavy atom. The van der Waals surface area contributed by atoms with E-state index in [1.807, 2.05) is 0 Å². The molecule has 6 N–H and O–H groups in total. The molecule has 0 aromatic rings. The molecule has 2 saturated carbocycles. The van der Waals surface area contributed by atoms with E-state index in [4.69, 9.17) is 4.74 Å². The number of β-amino-alcohol motifs (C(OH)–C–C–N with tert-alkyl or cyclic N) is 1. The maximum Gasteiger partial charge on any atom is 0.224 e. The fourth-order valence-corrected chi connectivity index (χ4v) is 6.87. The summed E-state index contributed by atoms with van der Waals surface area (Å²) in [6, 6.07) is 2.14. The van der Waals surface area contributed by atoms with Crippen LogP contribution in [0.1, 0.15) is 64.2 Å². The lowest BCUT2D eigenvalue weighted by molar-refractivity contribution is -0.127. The predicted molar refractivity (Wildman–Crippen MR) is 137 cm³/mol. The third kappa shape index (κ3) is 6.95. The molecular weight excluding hydrogens is 458 g/mol. The lowest BCUT2D eigenvalue weighted by Crippen LogP contribution is -2.52. The molecule has 4 fully saturated rings. The molecule has 2 saturated heterocycles. The average Bonchev–Trinajstić information content (AvgIpc) is 3.33.